The van der Waals surface area contributed by atoms with Crippen molar-refractivity contribution in [3.63, 3.8) is 0 Å². The molecule has 0 saturated carbocycles. The van der Waals surface area contributed by atoms with Crippen molar-refractivity contribution < 1.29 is 9.32 Å². The van der Waals surface area contributed by atoms with E-state index in [0.717, 1.165) is 0 Å². The first-order valence-corrected chi connectivity index (χ1v) is 8.93. The molecule has 0 aliphatic heterocycles. The van der Waals surface area contributed by atoms with Crippen LogP contribution in [0.15, 0.2) is 59.4 Å². The van der Waals surface area contributed by atoms with Gasteiger partial charge in [-0.05, 0) is 30.3 Å². The molecule has 0 saturated heterocycles. The second-order valence-electron chi connectivity index (χ2n) is 6.47. The first kappa shape index (κ1) is 18.9. The third-order valence-electron chi connectivity index (χ3n) is 4.27. The molecule has 10 heteroatoms. The minimum Gasteiger partial charge on any atom is -0.398 e. The maximum Gasteiger partial charge on any atom is 0.326 e. The Kier molecular flexibility index (Phi) is 4.95. The first-order valence-electron chi connectivity index (χ1n) is 8.93. The maximum atomic E-state index is 12.3. The van der Waals surface area contributed by atoms with Crippen LogP contribution < -0.4 is 16.4 Å². The highest BCUT2D eigenvalue weighted by molar-refractivity contribution is 6.04. The number of nitrogen functional groups attached to an aromatic ring is 1. The predicted molar refractivity (Wildman–Crippen MR) is 113 cm³/mol. The van der Waals surface area contributed by atoms with E-state index in [0.29, 0.717) is 39.6 Å². The summed E-state index contributed by atoms with van der Waals surface area (Å²) in [4.78, 5) is 16.6. The van der Waals surface area contributed by atoms with E-state index >= 15 is 0 Å². The molecular formula is C20H18N8O2. The lowest BCUT2D eigenvalue weighted by molar-refractivity contribution is 0.102. The molecule has 0 atom stereocenters. The summed E-state index contributed by atoms with van der Waals surface area (Å²) in [5.74, 6) is 0.0961. The molecule has 150 valence electrons. The molecule has 5 N–H and O–H groups in total. The number of benzene rings is 2. The van der Waals surface area contributed by atoms with Gasteiger partial charge >= 0.3 is 6.01 Å². The zero-order chi connectivity index (χ0) is 21.1. The summed E-state index contributed by atoms with van der Waals surface area (Å²) >= 11 is 0. The van der Waals surface area contributed by atoms with Crippen LogP contribution in [-0.4, -0.2) is 32.0 Å². The third kappa shape index (κ3) is 4.02. The van der Waals surface area contributed by atoms with Gasteiger partial charge in [0.1, 0.15) is 0 Å². The van der Waals surface area contributed by atoms with Crippen LogP contribution in [0.4, 0.5) is 23.1 Å². The maximum absolute atomic E-state index is 12.3. The van der Waals surface area contributed by atoms with Gasteiger partial charge in [-0.15, -0.1) is 0 Å². The average molecular weight is 402 g/mol. The summed E-state index contributed by atoms with van der Waals surface area (Å²) in [5, 5.41) is 21.2. The molecule has 30 heavy (non-hydrogen) atoms. The summed E-state index contributed by atoms with van der Waals surface area (Å²) in [7, 11) is 1.75. The van der Waals surface area contributed by atoms with Crippen LogP contribution in [0.1, 0.15) is 15.9 Å². The minimum atomic E-state index is -0.263. The number of nitrogens with zero attached hydrogens (tertiary/aromatic N) is 4. The van der Waals surface area contributed by atoms with Crippen molar-refractivity contribution in [3.8, 4) is 11.4 Å². The lowest BCUT2D eigenvalue weighted by atomic mass is 10.2. The molecule has 0 spiro atoms. The van der Waals surface area contributed by atoms with E-state index in [1.807, 2.05) is 6.07 Å². The summed E-state index contributed by atoms with van der Waals surface area (Å²) < 4.78 is 6.82. The molecule has 1 amide bonds. The normalized spacial score (nSPS) is 10.6. The number of hydrogen-bond acceptors (Lipinski definition) is 8. The lowest BCUT2D eigenvalue weighted by Crippen LogP contribution is -2.11. The standard InChI is InChI=1S/C20H18N8O2/c1-28-11-14(10-23-28)19(29)24-15-4-2-3-12(7-15)18-26-20(30-27-18)25-16-5-6-17(22)13(8-16)9-21/h2-11,21H,22H2,1H3,(H,24,29)(H,25,26,27). The summed E-state index contributed by atoms with van der Waals surface area (Å²) in [6.07, 6.45) is 4.31. The number of anilines is 4. The van der Waals surface area contributed by atoms with Crippen molar-refractivity contribution in [2.75, 3.05) is 16.4 Å². The quantitative estimate of drug-likeness (QED) is 0.286. The molecule has 2 aromatic heterocycles. The van der Waals surface area contributed by atoms with E-state index in [-0.39, 0.29) is 11.9 Å². The Morgan fingerprint density at radius 2 is 2.10 bits per heavy atom. The van der Waals surface area contributed by atoms with Crippen molar-refractivity contribution in [1.82, 2.24) is 19.9 Å². The smallest absolute Gasteiger partial charge is 0.326 e. The van der Waals surface area contributed by atoms with Crippen LogP contribution in [0, 0.1) is 5.41 Å². The Labute approximate surface area is 171 Å². The largest absolute Gasteiger partial charge is 0.398 e. The molecule has 4 aromatic rings. The fourth-order valence-electron chi connectivity index (χ4n) is 2.77. The van der Waals surface area contributed by atoms with Gasteiger partial charge in [0.05, 0.1) is 11.8 Å². The zero-order valence-corrected chi connectivity index (χ0v) is 16.0. The minimum absolute atomic E-state index is 0.190. The van der Waals surface area contributed by atoms with Gasteiger partial charge in [-0.25, -0.2) is 0 Å². The van der Waals surface area contributed by atoms with Gasteiger partial charge in [-0.3, -0.25) is 9.48 Å². The highest BCUT2D eigenvalue weighted by Crippen LogP contribution is 2.24. The van der Waals surface area contributed by atoms with E-state index in [4.69, 9.17) is 15.7 Å². The first-order chi connectivity index (χ1) is 14.5. The van der Waals surface area contributed by atoms with E-state index < -0.39 is 0 Å². The van der Waals surface area contributed by atoms with Crippen molar-refractivity contribution >= 4 is 35.2 Å². The molecule has 4 rings (SSSR count). The Morgan fingerprint density at radius 3 is 2.87 bits per heavy atom. The molecule has 0 aliphatic rings. The summed E-state index contributed by atoms with van der Waals surface area (Å²) in [5.41, 5.74) is 9.27. The molecular weight excluding hydrogens is 384 g/mol. The molecule has 0 unspecified atom stereocenters. The van der Waals surface area contributed by atoms with Crippen LogP contribution in [0.3, 0.4) is 0 Å². The van der Waals surface area contributed by atoms with Gasteiger partial charge in [-0.2, -0.15) is 10.1 Å². The van der Waals surface area contributed by atoms with Gasteiger partial charge in [0.2, 0.25) is 5.82 Å². The number of carbonyl (C=O) groups is 1. The molecule has 0 fully saturated rings. The number of aromatic nitrogens is 4. The molecule has 0 bridgehead atoms. The molecule has 0 aliphatic carbocycles. The van der Waals surface area contributed by atoms with E-state index in [9.17, 15) is 4.79 Å². The molecule has 0 radical (unpaired) electrons. The van der Waals surface area contributed by atoms with Crippen LogP contribution in [0.5, 0.6) is 0 Å². The monoisotopic (exact) mass is 402 g/mol. The van der Waals surface area contributed by atoms with Crippen LogP contribution in [0.2, 0.25) is 0 Å². The molecule has 2 aromatic carbocycles. The number of nitrogens with one attached hydrogen (secondary N) is 3. The third-order valence-corrected chi connectivity index (χ3v) is 4.27. The predicted octanol–water partition coefficient (Wildman–Crippen LogP) is 3.05. The zero-order valence-electron chi connectivity index (χ0n) is 16.0. The number of aryl methyl sites for hydroxylation is 1. The van der Waals surface area contributed by atoms with E-state index in [1.54, 1.807) is 54.3 Å². The second kappa shape index (κ2) is 7.87. The SMILES string of the molecule is Cn1cc(C(=O)Nc2cccc(-c3noc(Nc4ccc(N)c(C=N)c4)n3)c2)cn1. The summed E-state index contributed by atoms with van der Waals surface area (Å²) in [6.45, 7) is 0. The van der Waals surface area contributed by atoms with Gasteiger partial charge in [0, 0.05) is 47.6 Å². The van der Waals surface area contributed by atoms with E-state index in [1.165, 1.54) is 12.4 Å². The Hall–Kier alpha value is -4.47. The van der Waals surface area contributed by atoms with E-state index in [2.05, 4.69) is 25.9 Å². The number of hydrogen-bond donors (Lipinski definition) is 4. The number of nitrogens with two attached hydrogens (primary N) is 1. The highest BCUT2D eigenvalue weighted by atomic mass is 16.5. The van der Waals surface area contributed by atoms with Crippen molar-refractivity contribution in [1.29, 1.82) is 5.41 Å². The Balaban J connectivity index is 1.50. The molecule has 2 heterocycles. The topological polar surface area (TPSA) is 148 Å². The highest BCUT2D eigenvalue weighted by Gasteiger charge is 2.12. The Bertz CT molecular complexity index is 1230. The fourth-order valence-corrected chi connectivity index (χ4v) is 2.77. The van der Waals surface area contributed by atoms with Crippen LogP contribution in [0.25, 0.3) is 11.4 Å². The number of rotatable bonds is 6. The van der Waals surface area contributed by atoms with Gasteiger partial charge in [0.15, 0.2) is 0 Å². The summed E-state index contributed by atoms with van der Waals surface area (Å²) in [6, 6.07) is 12.5. The number of amides is 1. The molecule has 10 nitrogen and oxygen atoms in total. The van der Waals surface area contributed by atoms with Crippen molar-refractivity contribution in [2.45, 2.75) is 0 Å². The van der Waals surface area contributed by atoms with Gasteiger partial charge in [-0.1, -0.05) is 17.3 Å². The lowest BCUT2D eigenvalue weighted by Gasteiger charge is -2.05. The van der Waals surface area contributed by atoms with Crippen LogP contribution in [-0.2, 0) is 7.05 Å². The second-order valence-corrected chi connectivity index (χ2v) is 6.47. The Morgan fingerprint density at radius 1 is 1.23 bits per heavy atom. The average Bonchev–Trinajstić information content (AvgIpc) is 3.39. The fraction of sp³-hybridized carbons (Fsp3) is 0.0500. The van der Waals surface area contributed by atoms with Gasteiger partial charge in [0.25, 0.3) is 5.91 Å². The number of carbonyl (C=O) groups excluding carboxylic acids is 1. The van der Waals surface area contributed by atoms with Crippen LogP contribution >= 0.6 is 0 Å². The van der Waals surface area contributed by atoms with Crippen molar-refractivity contribution in [3.05, 3.63) is 66.0 Å². The van der Waals surface area contributed by atoms with Crippen molar-refractivity contribution in [2.24, 2.45) is 7.05 Å². The van der Waals surface area contributed by atoms with Gasteiger partial charge < -0.3 is 26.3 Å².